The molecule has 158 valence electrons. The SMILES string of the molecule is COc1ccc(-c2noc(CSCC(=O)N[C@@H]3CCC[C@@H](C)[C@H]3C)n2)cc1OC. The number of thioether (sulfide) groups is 1. The van der Waals surface area contributed by atoms with Crippen LogP contribution in [0.25, 0.3) is 11.4 Å². The van der Waals surface area contributed by atoms with Gasteiger partial charge in [-0.15, -0.1) is 11.8 Å². The molecule has 0 radical (unpaired) electrons. The third-order valence-electron chi connectivity index (χ3n) is 5.62. The summed E-state index contributed by atoms with van der Waals surface area (Å²) >= 11 is 1.47. The van der Waals surface area contributed by atoms with E-state index in [1.165, 1.54) is 24.6 Å². The molecular formula is C21H29N3O4S. The number of hydrogen-bond acceptors (Lipinski definition) is 7. The Labute approximate surface area is 175 Å². The van der Waals surface area contributed by atoms with E-state index in [1.807, 2.05) is 6.07 Å². The van der Waals surface area contributed by atoms with Crippen molar-refractivity contribution in [3.8, 4) is 22.9 Å². The van der Waals surface area contributed by atoms with Crippen molar-refractivity contribution in [3.63, 3.8) is 0 Å². The number of methoxy groups -OCH3 is 2. The molecule has 1 aromatic carbocycles. The minimum Gasteiger partial charge on any atom is -0.493 e. The van der Waals surface area contributed by atoms with Gasteiger partial charge in [-0.2, -0.15) is 4.98 Å². The molecule has 8 heteroatoms. The Morgan fingerprint density at radius 3 is 2.79 bits per heavy atom. The van der Waals surface area contributed by atoms with Gasteiger partial charge in [-0.1, -0.05) is 31.8 Å². The monoisotopic (exact) mass is 419 g/mol. The summed E-state index contributed by atoms with van der Waals surface area (Å²) in [5, 5.41) is 7.22. The number of carbonyl (C=O) groups excluding carboxylic acids is 1. The lowest BCUT2D eigenvalue weighted by Gasteiger charge is -2.34. The van der Waals surface area contributed by atoms with E-state index in [4.69, 9.17) is 14.0 Å². The van der Waals surface area contributed by atoms with Gasteiger partial charge in [0.15, 0.2) is 11.5 Å². The number of hydrogen-bond donors (Lipinski definition) is 1. The van der Waals surface area contributed by atoms with E-state index in [2.05, 4.69) is 29.3 Å². The van der Waals surface area contributed by atoms with Gasteiger partial charge in [0, 0.05) is 11.6 Å². The molecule has 1 N–H and O–H groups in total. The number of rotatable bonds is 8. The topological polar surface area (TPSA) is 86.5 Å². The molecule has 1 aliphatic rings. The lowest BCUT2D eigenvalue weighted by molar-refractivity contribution is -0.119. The van der Waals surface area contributed by atoms with Crippen LogP contribution in [-0.4, -0.2) is 42.1 Å². The molecular weight excluding hydrogens is 390 g/mol. The highest BCUT2D eigenvalue weighted by molar-refractivity contribution is 7.99. The maximum Gasteiger partial charge on any atom is 0.236 e. The molecule has 0 bridgehead atoms. The summed E-state index contributed by atoms with van der Waals surface area (Å²) in [7, 11) is 3.17. The van der Waals surface area contributed by atoms with E-state index in [0.717, 1.165) is 12.0 Å². The predicted molar refractivity (Wildman–Crippen MR) is 113 cm³/mol. The molecule has 3 atom stereocenters. The molecule has 0 saturated heterocycles. The number of nitrogens with one attached hydrogen (secondary N) is 1. The van der Waals surface area contributed by atoms with Gasteiger partial charge in [0.2, 0.25) is 17.6 Å². The molecule has 0 unspecified atom stereocenters. The largest absolute Gasteiger partial charge is 0.493 e. The van der Waals surface area contributed by atoms with Crippen molar-refractivity contribution in [2.75, 3.05) is 20.0 Å². The van der Waals surface area contributed by atoms with Gasteiger partial charge in [0.1, 0.15) is 0 Å². The van der Waals surface area contributed by atoms with Crippen LogP contribution in [0.4, 0.5) is 0 Å². The van der Waals surface area contributed by atoms with Gasteiger partial charge in [-0.25, -0.2) is 0 Å². The zero-order valence-electron chi connectivity index (χ0n) is 17.4. The third-order valence-corrected chi connectivity index (χ3v) is 6.54. The average Bonchev–Trinajstić information content (AvgIpc) is 3.19. The van der Waals surface area contributed by atoms with Crippen molar-refractivity contribution in [1.82, 2.24) is 15.5 Å². The van der Waals surface area contributed by atoms with Crippen molar-refractivity contribution in [3.05, 3.63) is 24.1 Å². The highest BCUT2D eigenvalue weighted by Gasteiger charge is 2.28. The molecule has 0 aliphatic heterocycles. The molecule has 1 aliphatic carbocycles. The van der Waals surface area contributed by atoms with Crippen LogP contribution in [0.2, 0.25) is 0 Å². The van der Waals surface area contributed by atoms with Crippen LogP contribution in [0.1, 0.15) is 39.0 Å². The molecule has 1 amide bonds. The normalized spacial score (nSPS) is 21.6. The fraction of sp³-hybridized carbons (Fsp3) is 0.571. The molecule has 1 aromatic heterocycles. The number of ether oxygens (including phenoxy) is 2. The lowest BCUT2D eigenvalue weighted by Crippen LogP contribution is -2.44. The van der Waals surface area contributed by atoms with E-state index in [-0.39, 0.29) is 11.9 Å². The van der Waals surface area contributed by atoms with Gasteiger partial charge in [-0.3, -0.25) is 4.79 Å². The first kappa shape index (κ1) is 21.5. The van der Waals surface area contributed by atoms with Crippen LogP contribution in [0.15, 0.2) is 22.7 Å². The van der Waals surface area contributed by atoms with Crippen LogP contribution in [-0.2, 0) is 10.5 Å². The number of carbonyl (C=O) groups is 1. The van der Waals surface area contributed by atoms with Gasteiger partial charge in [0.25, 0.3) is 0 Å². The fourth-order valence-corrected chi connectivity index (χ4v) is 4.33. The number of nitrogens with zero attached hydrogens (tertiary/aromatic N) is 2. The zero-order valence-corrected chi connectivity index (χ0v) is 18.3. The maximum absolute atomic E-state index is 12.3. The van der Waals surface area contributed by atoms with E-state index in [9.17, 15) is 4.79 Å². The average molecular weight is 420 g/mol. The van der Waals surface area contributed by atoms with Crippen molar-refractivity contribution in [1.29, 1.82) is 0 Å². The van der Waals surface area contributed by atoms with Crippen LogP contribution in [0.3, 0.4) is 0 Å². The highest BCUT2D eigenvalue weighted by atomic mass is 32.2. The summed E-state index contributed by atoms with van der Waals surface area (Å²) in [5.74, 6) is 4.35. The first-order valence-corrected chi connectivity index (χ1v) is 11.1. The molecule has 1 fully saturated rings. The van der Waals surface area contributed by atoms with Gasteiger partial charge >= 0.3 is 0 Å². The number of amides is 1. The Morgan fingerprint density at radius 2 is 2.03 bits per heavy atom. The smallest absolute Gasteiger partial charge is 0.236 e. The summed E-state index contributed by atoms with van der Waals surface area (Å²) in [6.45, 7) is 4.50. The lowest BCUT2D eigenvalue weighted by atomic mass is 9.78. The Morgan fingerprint density at radius 1 is 1.24 bits per heavy atom. The van der Waals surface area contributed by atoms with Crippen molar-refractivity contribution in [2.24, 2.45) is 11.8 Å². The summed E-state index contributed by atoms with van der Waals surface area (Å²) in [4.78, 5) is 16.7. The molecule has 3 rings (SSSR count). The minimum atomic E-state index is 0.0700. The predicted octanol–water partition coefficient (Wildman–Crippen LogP) is 3.93. The minimum absolute atomic E-state index is 0.0700. The van der Waals surface area contributed by atoms with Gasteiger partial charge < -0.3 is 19.3 Å². The van der Waals surface area contributed by atoms with E-state index in [0.29, 0.717) is 46.6 Å². The summed E-state index contributed by atoms with van der Waals surface area (Å²) < 4.78 is 15.9. The van der Waals surface area contributed by atoms with Crippen LogP contribution in [0.5, 0.6) is 11.5 Å². The second-order valence-corrected chi connectivity index (χ2v) is 8.50. The molecule has 1 saturated carbocycles. The van der Waals surface area contributed by atoms with E-state index >= 15 is 0 Å². The Balaban J connectivity index is 1.50. The molecule has 7 nitrogen and oxygen atoms in total. The van der Waals surface area contributed by atoms with E-state index in [1.54, 1.807) is 26.4 Å². The standard InChI is InChI=1S/C21H29N3O4S/c1-13-6-5-7-16(14(13)2)22-19(25)11-29-12-20-23-21(24-28-20)15-8-9-17(26-3)18(10-15)27-4/h8-10,13-14,16H,5-7,11-12H2,1-4H3,(H,22,25)/t13-,14-,16-/m1/s1. The van der Waals surface area contributed by atoms with Gasteiger partial charge in [0.05, 0.1) is 25.7 Å². The summed E-state index contributed by atoms with van der Waals surface area (Å²) in [5.41, 5.74) is 0.779. The third kappa shape index (κ3) is 5.44. The second kappa shape index (κ2) is 10.0. The fourth-order valence-electron chi connectivity index (χ4n) is 3.67. The van der Waals surface area contributed by atoms with Crippen molar-refractivity contribution in [2.45, 2.75) is 44.9 Å². The van der Waals surface area contributed by atoms with E-state index < -0.39 is 0 Å². The number of aromatic nitrogens is 2. The molecule has 29 heavy (non-hydrogen) atoms. The molecule has 0 spiro atoms. The van der Waals surface area contributed by atoms with Crippen molar-refractivity contribution >= 4 is 17.7 Å². The first-order valence-electron chi connectivity index (χ1n) is 9.94. The molecule has 2 aromatic rings. The van der Waals surface area contributed by atoms with Crippen molar-refractivity contribution < 1.29 is 18.8 Å². The van der Waals surface area contributed by atoms with Crippen LogP contribution in [0, 0.1) is 11.8 Å². The molecule has 1 heterocycles. The van der Waals surface area contributed by atoms with Crippen LogP contribution >= 0.6 is 11.8 Å². The Hall–Kier alpha value is -2.22. The maximum atomic E-state index is 12.3. The summed E-state index contributed by atoms with van der Waals surface area (Å²) in [6, 6.07) is 5.74. The zero-order chi connectivity index (χ0) is 20.8. The summed E-state index contributed by atoms with van der Waals surface area (Å²) in [6.07, 6.45) is 3.51. The second-order valence-electron chi connectivity index (χ2n) is 7.52. The Bertz CT molecular complexity index is 826. The highest BCUT2D eigenvalue weighted by Crippen LogP contribution is 2.31. The Kier molecular flexibility index (Phi) is 7.41. The first-order chi connectivity index (χ1) is 14.0. The number of benzene rings is 1. The van der Waals surface area contributed by atoms with Gasteiger partial charge in [-0.05, 0) is 36.5 Å². The van der Waals surface area contributed by atoms with Crippen LogP contribution < -0.4 is 14.8 Å². The quantitative estimate of drug-likeness (QED) is 0.694.